The third kappa shape index (κ3) is 2.50. The van der Waals surface area contributed by atoms with Gasteiger partial charge in [-0.05, 0) is 17.7 Å². The summed E-state index contributed by atoms with van der Waals surface area (Å²) in [6.45, 7) is 0. The average Bonchev–Trinajstić information content (AvgIpc) is 2.62. The molecule has 0 saturated heterocycles. The van der Waals surface area contributed by atoms with Crippen molar-refractivity contribution >= 4 is 0 Å². The van der Waals surface area contributed by atoms with Gasteiger partial charge in [-0.15, -0.1) is 0 Å². The van der Waals surface area contributed by atoms with E-state index in [1.54, 1.807) is 36.9 Å². The number of pyridine rings is 2. The fraction of sp³-hybridized carbons (Fsp3) is 0.111. The molecule has 1 unspecified atom stereocenters. The van der Waals surface area contributed by atoms with Crippen LogP contribution in [0.3, 0.4) is 0 Å². The molecule has 0 radical (unpaired) electrons. The van der Waals surface area contributed by atoms with E-state index < -0.39 is 11.6 Å². The van der Waals surface area contributed by atoms with Gasteiger partial charge in [0.15, 0.2) is 0 Å². The van der Waals surface area contributed by atoms with Gasteiger partial charge in [-0.3, -0.25) is 9.97 Å². The summed E-state index contributed by atoms with van der Waals surface area (Å²) in [4.78, 5) is 8.23. The molecule has 110 valence electrons. The monoisotopic (exact) mass is 291 g/mol. The van der Waals surface area contributed by atoms with Crippen molar-refractivity contribution in [1.82, 2.24) is 9.97 Å². The Kier molecular flexibility index (Phi) is 3.96. The second-order valence-corrected chi connectivity index (χ2v) is 5.14. The number of rotatable bonds is 4. The van der Waals surface area contributed by atoms with Crippen LogP contribution in [-0.4, -0.2) is 15.1 Å². The minimum atomic E-state index is -1.40. The molecule has 0 fully saturated rings. The fourth-order valence-corrected chi connectivity index (χ4v) is 2.60. The van der Waals surface area contributed by atoms with E-state index in [2.05, 4.69) is 9.97 Å². The highest BCUT2D eigenvalue weighted by molar-refractivity contribution is 5.38. The average molecular weight is 291 g/mol. The molecular weight excluding hydrogens is 274 g/mol. The number of nitrogens with zero attached hydrogens (tertiary/aromatic N) is 2. The fourth-order valence-electron chi connectivity index (χ4n) is 2.60. The lowest BCUT2D eigenvalue weighted by molar-refractivity contribution is 0.0505. The Morgan fingerprint density at radius 2 is 1.36 bits per heavy atom. The Labute approximate surface area is 129 Å². The van der Waals surface area contributed by atoms with Crippen LogP contribution < -0.4 is 5.73 Å². The first-order chi connectivity index (χ1) is 10.7. The van der Waals surface area contributed by atoms with E-state index in [0.29, 0.717) is 11.1 Å². The van der Waals surface area contributed by atoms with Crippen LogP contribution in [0.2, 0.25) is 0 Å². The summed E-state index contributed by atoms with van der Waals surface area (Å²) in [7, 11) is 0. The first-order valence-corrected chi connectivity index (χ1v) is 7.07. The van der Waals surface area contributed by atoms with Gasteiger partial charge in [0.2, 0.25) is 0 Å². The van der Waals surface area contributed by atoms with Gasteiger partial charge in [0, 0.05) is 35.9 Å². The lowest BCUT2D eigenvalue weighted by atomic mass is 9.79. The van der Waals surface area contributed by atoms with Crippen LogP contribution >= 0.6 is 0 Å². The minimum absolute atomic E-state index is 0.637. The quantitative estimate of drug-likeness (QED) is 0.774. The number of benzene rings is 1. The number of aromatic nitrogens is 2. The van der Waals surface area contributed by atoms with Gasteiger partial charge < -0.3 is 10.8 Å². The molecule has 22 heavy (non-hydrogen) atoms. The van der Waals surface area contributed by atoms with E-state index in [9.17, 15) is 5.11 Å². The van der Waals surface area contributed by atoms with Crippen molar-refractivity contribution in [2.45, 2.75) is 11.6 Å². The van der Waals surface area contributed by atoms with Crippen LogP contribution in [0, 0.1) is 0 Å². The van der Waals surface area contributed by atoms with Crippen LogP contribution in [0.15, 0.2) is 79.4 Å². The SMILES string of the molecule is NC(c1ccccc1)C(O)(c1cccnc1)c1cccnc1. The number of hydrogen-bond acceptors (Lipinski definition) is 4. The molecule has 1 atom stereocenters. The highest BCUT2D eigenvalue weighted by Crippen LogP contribution is 2.38. The van der Waals surface area contributed by atoms with Crippen molar-refractivity contribution < 1.29 is 5.11 Å². The van der Waals surface area contributed by atoms with Crippen molar-refractivity contribution in [3.63, 3.8) is 0 Å². The molecule has 0 spiro atoms. The van der Waals surface area contributed by atoms with Crippen molar-refractivity contribution in [1.29, 1.82) is 0 Å². The summed E-state index contributed by atoms with van der Waals surface area (Å²) in [5.41, 5.74) is 7.15. The summed E-state index contributed by atoms with van der Waals surface area (Å²) in [5.74, 6) is 0. The molecule has 0 aliphatic rings. The van der Waals surface area contributed by atoms with E-state index in [1.165, 1.54) is 0 Å². The second-order valence-electron chi connectivity index (χ2n) is 5.14. The van der Waals surface area contributed by atoms with Crippen LogP contribution in [0.5, 0.6) is 0 Å². The zero-order valence-electron chi connectivity index (χ0n) is 12.0. The molecule has 2 aromatic heterocycles. The Morgan fingerprint density at radius 3 is 1.82 bits per heavy atom. The standard InChI is InChI=1S/C18H17N3O/c19-17(14-6-2-1-3-7-14)18(22,15-8-4-10-20-12-15)16-9-5-11-21-13-16/h1-13,17,22H,19H2. The molecule has 3 rings (SSSR count). The summed E-state index contributed by atoms with van der Waals surface area (Å²) in [5, 5.41) is 11.5. The highest BCUT2D eigenvalue weighted by Gasteiger charge is 2.39. The van der Waals surface area contributed by atoms with Crippen LogP contribution in [0.4, 0.5) is 0 Å². The number of aliphatic hydroxyl groups is 1. The maximum Gasteiger partial charge on any atom is 0.137 e. The van der Waals surface area contributed by atoms with Crippen molar-refractivity contribution in [3.8, 4) is 0 Å². The molecule has 0 aliphatic heterocycles. The zero-order valence-corrected chi connectivity index (χ0v) is 12.0. The second kappa shape index (κ2) is 6.05. The van der Waals surface area contributed by atoms with E-state index in [-0.39, 0.29) is 0 Å². The molecule has 0 amide bonds. The third-order valence-corrected chi connectivity index (χ3v) is 3.81. The van der Waals surface area contributed by atoms with Gasteiger partial charge >= 0.3 is 0 Å². The molecule has 0 saturated carbocycles. The Balaban J connectivity index is 2.16. The molecule has 2 heterocycles. The Morgan fingerprint density at radius 1 is 0.818 bits per heavy atom. The summed E-state index contributed by atoms with van der Waals surface area (Å²) >= 11 is 0. The molecule has 0 bridgehead atoms. The van der Waals surface area contributed by atoms with E-state index in [0.717, 1.165) is 5.56 Å². The predicted molar refractivity (Wildman–Crippen MR) is 84.8 cm³/mol. The topological polar surface area (TPSA) is 72.0 Å². The predicted octanol–water partition coefficient (Wildman–Crippen LogP) is 2.41. The molecule has 3 N–H and O–H groups in total. The van der Waals surface area contributed by atoms with Gasteiger partial charge in [-0.2, -0.15) is 0 Å². The van der Waals surface area contributed by atoms with Gasteiger partial charge in [0.05, 0.1) is 6.04 Å². The van der Waals surface area contributed by atoms with E-state index in [4.69, 9.17) is 5.73 Å². The first-order valence-electron chi connectivity index (χ1n) is 7.07. The lowest BCUT2D eigenvalue weighted by Gasteiger charge is -2.34. The van der Waals surface area contributed by atoms with Gasteiger partial charge in [-0.25, -0.2) is 0 Å². The molecule has 1 aromatic carbocycles. The van der Waals surface area contributed by atoms with Crippen molar-refractivity contribution in [2.75, 3.05) is 0 Å². The largest absolute Gasteiger partial charge is 0.378 e. The minimum Gasteiger partial charge on any atom is -0.378 e. The zero-order chi connectivity index (χ0) is 15.4. The van der Waals surface area contributed by atoms with Crippen LogP contribution in [0.25, 0.3) is 0 Å². The van der Waals surface area contributed by atoms with E-state index >= 15 is 0 Å². The van der Waals surface area contributed by atoms with Crippen LogP contribution in [-0.2, 0) is 5.60 Å². The maximum atomic E-state index is 11.5. The Bertz CT molecular complexity index is 678. The summed E-state index contributed by atoms with van der Waals surface area (Å²) < 4.78 is 0. The van der Waals surface area contributed by atoms with Gasteiger partial charge in [-0.1, -0.05) is 42.5 Å². The molecule has 3 aromatic rings. The van der Waals surface area contributed by atoms with Crippen molar-refractivity contribution in [2.24, 2.45) is 5.73 Å². The Hall–Kier alpha value is -2.56. The number of nitrogens with two attached hydrogens (primary N) is 1. The number of hydrogen-bond donors (Lipinski definition) is 2. The summed E-state index contributed by atoms with van der Waals surface area (Å²) in [6.07, 6.45) is 6.61. The normalized spacial score (nSPS) is 12.8. The van der Waals surface area contributed by atoms with Crippen molar-refractivity contribution in [3.05, 3.63) is 96.1 Å². The molecule has 0 aliphatic carbocycles. The highest BCUT2D eigenvalue weighted by atomic mass is 16.3. The molecule has 4 nitrogen and oxygen atoms in total. The summed E-state index contributed by atoms with van der Waals surface area (Å²) in [6, 6.07) is 16.1. The van der Waals surface area contributed by atoms with Crippen LogP contribution in [0.1, 0.15) is 22.7 Å². The maximum absolute atomic E-state index is 11.5. The molecular formula is C18H17N3O. The van der Waals surface area contributed by atoms with Gasteiger partial charge in [0.1, 0.15) is 5.60 Å². The lowest BCUT2D eigenvalue weighted by Crippen LogP contribution is -2.40. The molecule has 4 heteroatoms. The third-order valence-electron chi connectivity index (χ3n) is 3.81. The van der Waals surface area contributed by atoms with Gasteiger partial charge in [0.25, 0.3) is 0 Å². The first kappa shape index (κ1) is 14.4. The smallest absolute Gasteiger partial charge is 0.137 e. The van der Waals surface area contributed by atoms with E-state index in [1.807, 2.05) is 42.5 Å².